The van der Waals surface area contributed by atoms with Gasteiger partial charge in [-0.15, -0.1) is 0 Å². The Bertz CT molecular complexity index is 550. The van der Waals surface area contributed by atoms with Gasteiger partial charge in [0.05, 0.1) is 5.41 Å². The zero-order valence-electron chi connectivity index (χ0n) is 11.7. The van der Waals surface area contributed by atoms with E-state index >= 15 is 0 Å². The minimum absolute atomic E-state index is 0.0617. The van der Waals surface area contributed by atoms with Crippen LogP contribution in [0.5, 0.6) is 0 Å². The first-order chi connectivity index (χ1) is 8.75. The number of benzene rings is 1. The smallest absolute Gasteiger partial charge is 0.242 e. The molecule has 0 radical (unpaired) electrons. The van der Waals surface area contributed by atoms with Gasteiger partial charge in [-0.1, -0.05) is 0 Å². The Hall–Kier alpha value is -2.04. The number of likely N-dealkylation sites (N-methyl/N-ethyl adjacent to an activating group) is 1. The number of amides is 2. The second-order valence-electron chi connectivity index (χ2n) is 5.58. The fourth-order valence-electron chi connectivity index (χ4n) is 2.29. The highest BCUT2D eigenvalue weighted by molar-refractivity contribution is 6.10. The van der Waals surface area contributed by atoms with E-state index in [2.05, 4.69) is 0 Å². The van der Waals surface area contributed by atoms with Crippen molar-refractivity contribution in [3.63, 3.8) is 0 Å². The Balaban J connectivity index is 2.44. The number of nitrogens with two attached hydrogens (primary N) is 1. The number of nitrogen functional groups attached to an aromatic ring is 1. The van der Waals surface area contributed by atoms with Gasteiger partial charge in [-0.05, 0) is 37.6 Å². The summed E-state index contributed by atoms with van der Waals surface area (Å²) in [4.78, 5) is 27.3. The first-order valence-electron chi connectivity index (χ1n) is 6.17. The lowest BCUT2D eigenvalue weighted by atomic mass is 9.86. The maximum Gasteiger partial charge on any atom is 0.242 e. The maximum absolute atomic E-state index is 12.5. The summed E-state index contributed by atoms with van der Waals surface area (Å²) in [5, 5.41) is 0. The number of rotatable bonds is 2. The summed E-state index contributed by atoms with van der Waals surface area (Å²) < 4.78 is 0. The molecule has 2 amide bonds. The lowest BCUT2D eigenvalue weighted by Crippen LogP contribution is -2.42. The van der Waals surface area contributed by atoms with Crippen LogP contribution in [-0.2, 0) is 15.0 Å². The van der Waals surface area contributed by atoms with E-state index in [1.54, 1.807) is 26.2 Å². The second-order valence-corrected chi connectivity index (χ2v) is 5.58. The average Bonchev–Trinajstić information content (AvgIpc) is 2.51. The standard InChI is InChI=1S/C14H19N3O2/c1-14(2)10-7-9(15)5-6-11(10)17(13(14)19)8-12(18)16(3)4/h5-7H,8,15H2,1-4H3. The molecule has 0 aliphatic carbocycles. The lowest BCUT2D eigenvalue weighted by molar-refractivity contribution is -0.130. The zero-order chi connectivity index (χ0) is 14.4. The SMILES string of the molecule is CN(C)C(=O)CN1C(=O)C(C)(C)c2cc(N)ccc21. The lowest BCUT2D eigenvalue weighted by Gasteiger charge is -2.21. The van der Waals surface area contributed by atoms with Crippen LogP contribution in [0.3, 0.4) is 0 Å². The van der Waals surface area contributed by atoms with Crippen LogP contribution in [0.25, 0.3) is 0 Å². The van der Waals surface area contributed by atoms with Gasteiger partial charge < -0.3 is 15.5 Å². The molecule has 1 aromatic carbocycles. The van der Waals surface area contributed by atoms with Crippen LogP contribution in [0.4, 0.5) is 11.4 Å². The van der Waals surface area contributed by atoms with Gasteiger partial charge in [0.2, 0.25) is 11.8 Å². The van der Waals surface area contributed by atoms with Crippen molar-refractivity contribution < 1.29 is 9.59 Å². The van der Waals surface area contributed by atoms with Gasteiger partial charge in [0.15, 0.2) is 0 Å². The Kier molecular flexibility index (Phi) is 3.00. The van der Waals surface area contributed by atoms with Crippen molar-refractivity contribution in [2.24, 2.45) is 0 Å². The van der Waals surface area contributed by atoms with Crippen LogP contribution < -0.4 is 10.6 Å². The molecule has 0 fully saturated rings. The molecule has 0 saturated carbocycles. The van der Waals surface area contributed by atoms with Crippen LogP contribution in [-0.4, -0.2) is 37.4 Å². The van der Waals surface area contributed by atoms with Crippen LogP contribution in [0.1, 0.15) is 19.4 Å². The number of nitrogens with zero attached hydrogens (tertiary/aromatic N) is 2. The highest BCUT2D eigenvalue weighted by Gasteiger charge is 2.44. The van der Waals surface area contributed by atoms with Crippen molar-refractivity contribution in [3.05, 3.63) is 23.8 Å². The van der Waals surface area contributed by atoms with Gasteiger partial charge >= 0.3 is 0 Å². The largest absolute Gasteiger partial charge is 0.399 e. The summed E-state index contributed by atoms with van der Waals surface area (Å²) in [5.74, 6) is -0.169. The molecule has 0 saturated heterocycles. The third-order valence-electron chi connectivity index (χ3n) is 3.56. The minimum Gasteiger partial charge on any atom is -0.399 e. The molecule has 0 bridgehead atoms. The molecule has 5 heteroatoms. The van der Waals surface area contributed by atoms with Gasteiger partial charge in [0, 0.05) is 25.5 Å². The number of carbonyl (C=O) groups is 2. The van der Waals surface area contributed by atoms with Crippen molar-refractivity contribution in [2.45, 2.75) is 19.3 Å². The van der Waals surface area contributed by atoms with E-state index in [0.717, 1.165) is 11.3 Å². The van der Waals surface area contributed by atoms with E-state index in [-0.39, 0.29) is 18.4 Å². The molecule has 0 aromatic heterocycles. The number of fused-ring (bicyclic) bond motifs is 1. The molecule has 2 N–H and O–H groups in total. The summed E-state index contributed by atoms with van der Waals surface area (Å²) >= 11 is 0. The molecule has 1 aliphatic heterocycles. The van der Waals surface area contributed by atoms with E-state index in [1.165, 1.54) is 9.80 Å². The van der Waals surface area contributed by atoms with E-state index in [1.807, 2.05) is 19.9 Å². The van der Waals surface area contributed by atoms with Crippen LogP contribution in [0.2, 0.25) is 0 Å². The molecule has 0 unspecified atom stereocenters. The van der Waals surface area contributed by atoms with Crippen molar-refractivity contribution in [1.82, 2.24) is 4.90 Å². The van der Waals surface area contributed by atoms with Gasteiger partial charge in [-0.2, -0.15) is 0 Å². The summed E-state index contributed by atoms with van der Waals surface area (Å²) in [6, 6.07) is 5.37. The van der Waals surface area contributed by atoms with Crippen LogP contribution >= 0.6 is 0 Å². The summed E-state index contributed by atoms with van der Waals surface area (Å²) in [5.41, 5.74) is 7.43. The fourth-order valence-corrected chi connectivity index (χ4v) is 2.29. The van der Waals surface area contributed by atoms with Gasteiger partial charge in [0.25, 0.3) is 0 Å². The van der Waals surface area contributed by atoms with Crippen molar-refractivity contribution >= 4 is 23.2 Å². The van der Waals surface area contributed by atoms with Crippen molar-refractivity contribution in [3.8, 4) is 0 Å². The van der Waals surface area contributed by atoms with E-state index < -0.39 is 5.41 Å². The van der Waals surface area contributed by atoms with Gasteiger partial charge in [-0.3, -0.25) is 9.59 Å². The Morgan fingerprint density at radius 3 is 2.58 bits per heavy atom. The number of hydrogen-bond donors (Lipinski definition) is 1. The highest BCUT2D eigenvalue weighted by atomic mass is 16.2. The Morgan fingerprint density at radius 2 is 2.00 bits per heavy atom. The molecule has 2 rings (SSSR count). The fraction of sp³-hybridized carbons (Fsp3) is 0.429. The predicted molar refractivity (Wildman–Crippen MR) is 74.9 cm³/mol. The highest BCUT2D eigenvalue weighted by Crippen LogP contribution is 2.42. The molecular formula is C14H19N3O2. The number of anilines is 2. The topological polar surface area (TPSA) is 66.6 Å². The monoisotopic (exact) mass is 261 g/mol. The minimum atomic E-state index is -0.642. The van der Waals surface area contributed by atoms with E-state index in [9.17, 15) is 9.59 Å². The molecule has 1 heterocycles. The summed E-state index contributed by atoms with van der Waals surface area (Å²) in [6.45, 7) is 3.77. The predicted octanol–water partition coefficient (Wildman–Crippen LogP) is 0.981. The van der Waals surface area contributed by atoms with Crippen molar-refractivity contribution in [2.75, 3.05) is 31.3 Å². The Labute approximate surface area is 113 Å². The molecule has 102 valence electrons. The summed E-state index contributed by atoms with van der Waals surface area (Å²) in [7, 11) is 3.36. The first kappa shape index (κ1) is 13.4. The average molecular weight is 261 g/mol. The van der Waals surface area contributed by atoms with Crippen LogP contribution in [0.15, 0.2) is 18.2 Å². The molecule has 1 aromatic rings. The Morgan fingerprint density at radius 1 is 1.37 bits per heavy atom. The first-order valence-corrected chi connectivity index (χ1v) is 6.17. The third-order valence-corrected chi connectivity index (χ3v) is 3.56. The normalized spacial score (nSPS) is 16.4. The van der Waals surface area contributed by atoms with Gasteiger partial charge in [-0.25, -0.2) is 0 Å². The molecule has 5 nitrogen and oxygen atoms in total. The molecule has 1 aliphatic rings. The van der Waals surface area contributed by atoms with E-state index in [0.29, 0.717) is 5.69 Å². The van der Waals surface area contributed by atoms with Crippen molar-refractivity contribution in [1.29, 1.82) is 0 Å². The van der Waals surface area contributed by atoms with Gasteiger partial charge in [0.1, 0.15) is 6.54 Å². The van der Waals surface area contributed by atoms with Crippen LogP contribution in [0, 0.1) is 0 Å². The van der Waals surface area contributed by atoms with E-state index in [4.69, 9.17) is 5.73 Å². The number of hydrogen-bond acceptors (Lipinski definition) is 3. The molecule has 0 spiro atoms. The number of carbonyl (C=O) groups excluding carboxylic acids is 2. The summed E-state index contributed by atoms with van der Waals surface area (Å²) in [6.07, 6.45) is 0. The maximum atomic E-state index is 12.5. The molecule has 0 atom stereocenters. The third kappa shape index (κ3) is 2.05. The molecule has 19 heavy (non-hydrogen) atoms. The molecular weight excluding hydrogens is 242 g/mol. The zero-order valence-corrected chi connectivity index (χ0v) is 11.7. The second kappa shape index (κ2) is 4.26. The quantitative estimate of drug-likeness (QED) is 0.807.